The Morgan fingerprint density at radius 2 is 1.19 bits per heavy atom. The van der Waals surface area contributed by atoms with Gasteiger partial charge in [0.05, 0.1) is 23.3 Å². The first kappa shape index (κ1) is 20.5. The Balaban J connectivity index is 1.66. The summed E-state index contributed by atoms with van der Waals surface area (Å²) in [6.07, 6.45) is 0. The number of rotatable bonds is 10. The fourth-order valence-corrected chi connectivity index (χ4v) is 2.42. The first-order valence-electron chi connectivity index (χ1n) is 7.66. The van der Waals surface area contributed by atoms with Gasteiger partial charge in [0.15, 0.2) is 0 Å². The van der Waals surface area contributed by atoms with Gasteiger partial charge < -0.3 is 14.2 Å². The zero-order valence-electron chi connectivity index (χ0n) is 14.0. The maximum Gasteiger partial charge on any atom is 0.138 e. The lowest BCUT2D eigenvalue weighted by Gasteiger charge is -2.10. The molecule has 0 aliphatic carbocycles. The molecule has 2 aromatic carbocycles. The summed E-state index contributed by atoms with van der Waals surface area (Å²) in [4.78, 5) is 5.37. The standard InChI is InChI=1S/C16H14Cl2N6O3/c17-13-9-11(21-23-19)1-3-15(13)26-7-5-25-6-8-27-16-4-2-12(22-24-20)10-14(16)18/h1-4,9-10H,5-8H2. The summed E-state index contributed by atoms with van der Waals surface area (Å²) in [5.74, 6) is 0.945. The number of nitrogens with zero attached hydrogens (tertiary/aromatic N) is 6. The van der Waals surface area contributed by atoms with Crippen LogP contribution in [0, 0.1) is 0 Å². The lowest BCUT2D eigenvalue weighted by molar-refractivity contribution is 0.0765. The minimum atomic E-state index is 0.294. The van der Waals surface area contributed by atoms with Gasteiger partial charge in [-0.05, 0) is 47.5 Å². The smallest absolute Gasteiger partial charge is 0.138 e. The van der Waals surface area contributed by atoms with Gasteiger partial charge in [-0.15, -0.1) is 0 Å². The van der Waals surface area contributed by atoms with Crippen molar-refractivity contribution < 1.29 is 14.2 Å². The molecule has 140 valence electrons. The molecule has 0 heterocycles. The van der Waals surface area contributed by atoms with E-state index in [1.54, 1.807) is 24.3 Å². The molecule has 9 nitrogen and oxygen atoms in total. The van der Waals surface area contributed by atoms with E-state index in [-0.39, 0.29) is 0 Å². The molecule has 0 atom stereocenters. The highest BCUT2D eigenvalue weighted by atomic mass is 35.5. The van der Waals surface area contributed by atoms with E-state index in [9.17, 15) is 0 Å². The van der Waals surface area contributed by atoms with E-state index < -0.39 is 0 Å². The van der Waals surface area contributed by atoms with Crippen molar-refractivity contribution in [1.29, 1.82) is 0 Å². The molecular formula is C16H14Cl2N6O3. The van der Waals surface area contributed by atoms with Gasteiger partial charge in [-0.1, -0.05) is 33.4 Å². The predicted molar refractivity (Wildman–Crippen MR) is 102 cm³/mol. The first-order chi connectivity index (χ1) is 13.1. The van der Waals surface area contributed by atoms with Crippen LogP contribution in [0.15, 0.2) is 46.6 Å². The number of benzene rings is 2. The van der Waals surface area contributed by atoms with Crippen molar-refractivity contribution in [3.8, 4) is 11.5 Å². The predicted octanol–water partition coefficient (Wildman–Crippen LogP) is 6.35. The van der Waals surface area contributed by atoms with Gasteiger partial charge in [0, 0.05) is 21.2 Å². The molecule has 0 aliphatic heterocycles. The maximum atomic E-state index is 8.38. The second-order valence-electron chi connectivity index (χ2n) is 4.92. The molecule has 27 heavy (non-hydrogen) atoms. The molecule has 0 bridgehead atoms. The quantitative estimate of drug-likeness (QED) is 0.196. The normalized spacial score (nSPS) is 9.85. The van der Waals surface area contributed by atoms with Gasteiger partial charge in [-0.3, -0.25) is 0 Å². The summed E-state index contributed by atoms with van der Waals surface area (Å²) in [5, 5.41) is 7.61. The van der Waals surface area contributed by atoms with Crippen molar-refractivity contribution in [2.24, 2.45) is 10.2 Å². The fourth-order valence-electron chi connectivity index (χ4n) is 1.96. The average Bonchev–Trinajstić information content (AvgIpc) is 2.64. The monoisotopic (exact) mass is 408 g/mol. The fraction of sp³-hybridized carbons (Fsp3) is 0.250. The molecule has 0 aliphatic rings. The summed E-state index contributed by atoms with van der Waals surface area (Å²) < 4.78 is 16.4. The number of azide groups is 2. The summed E-state index contributed by atoms with van der Waals surface area (Å²) in [5.41, 5.74) is 17.6. The van der Waals surface area contributed by atoms with Crippen LogP contribution in [0.3, 0.4) is 0 Å². The lowest BCUT2D eigenvalue weighted by Crippen LogP contribution is -2.12. The van der Waals surface area contributed by atoms with Crippen LogP contribution in [0.1, 0.15) is 0 Å². The largest absolute Gasteiger partial charge is 0.490 e. The van der Waals surface area contributed by atoms with Crippen molar-refractivity contribution in [1.82, 2.24) is 0 Å². The zero-order chi connectivity index (χ0) is 19.5. The Kier molecular flexibility index (Phi) is 8.38. The number of hydrogen-bond donors (Lipinski definition) is 0. The van der Waals surface area contributed by atoms with E-state index in [1.807, 2.05) is 0 Å². The van der Waals surface area contributed by atoms with Crippen molar-refractivity contribution >= 4 is 34.6 Å². The highest BCUT2D eigenvalue weighted by Gasteiger charge is 2.04. The van der Waals surface area contributed by atoms with Gasteiger partial charge >= 0.3 is 0 Å². The molecule has 11 heteroatoms. The van der Waals surface area contributed by atoms with Crippen LogP contribution >= 0.6 is 23.2 Å². The third-order valence-electron chi connectivity index (χ3n) is 3.12. The molecule has 0 saturated heterocycles. The van der Waals surface area contributed by atoms with Crippen molar-refractivity contribution in [3.63, 3.8) is 0 Å². The molecule has 0 fully saturated rings. The Labute approximate surface area is 164 Å². The van der Waals surface area contributed by atoms with Crippen LogP contribution in [-0.2, 0) is 4.74 Å². The summed E-state index contributed by atoms with van der Waals surface area (Å²) >= 11 is 12.1. The second-order valence-corrected chi connectivity index (χ2v) is 5.73. The van der Waals surface area contributed by atoms with E-state index in [0.717, 1.165) is 0 Å². The number of halogens is 2. The maximum absolute atomic E-state index is 8.38. The highest BCUT2D eigenvalue weighted by Crippen LogP contribution is 2.30. The van der Waals surface area contributed by atoms with E-state index in [0.29, 0.717) is 59.3 Å². The summed E-state index contributed by atoms with van der Waals surface area (Å²) in [6.45, 7) is 1.26. The Morgan fingerprint density at radius 1 is 0.741 bits per heavy atom. The van der Waals surface area contributed by atoms with Gasteiger partial charge in [-0.25, -0.2) is 0 Å². The Morgan fingerprint density at radius 3 is 1.56 bits per heavy atom. The molecule has 2 rings (SSSR count). The Bertz CT molecular complexity index is 811. The molecule has 0 saturated carbocycles. The first-order valence-corrected chi connectivity index (χ1v) is 8.42. The zero-order valence-corrected chi connectivity index (χ0v) is 15.5. The van der Waals surface area contributed by atoms with Crippen LogP contribution in [0.25, 0.3) is 20.9 Å². The molecule has 0 spiro atoms. The molecule has 2 aromatic rings. The van der Waals surface area contributed by atoms with Crippen LogP contribution in [0.4, 0.5) is 11.4 Å². The van der Waals surface area contributed by atoms with Crippen molar-refractivity contribution in [2.75, 3.05) is 26.4 Å². The van der Waals surface area contributed by atoms with Crippen molar-refractivity contribution in [3.05, 3.63) is 67.3 Å². The topological polar surface area (TPSA) is 125 Å². The summed E-state index contributed by atoms with van der Waals surface area (Å²) in [7, 11) is 0. The van der Waals surface area contributed by atoms with E-state index >= 15 is 0 Å². The Hall–Kier alpha value is -2.80. The third-order valence-corrected chi connectivity index (χ3v) is 3.71. The van der Waals surface area contributed by atoms with Crippen LogP contribution < -0.4 is 9.47 Å². The van der Waals surface area contributed by atoms with Crippen LogP contribution in [-0.4, -0.2) is 26.4 Å². The molecular weight excluding hydrogens is 395 g/mol. The van der Waals surface area contributed by atoms with E-state index in [4.69, 9.17) is 48.5 Å². The average molecular weight is 409 g/mol. The highest BCUT2D eigenvalue weighted by molar-refractivity contribution is 6.32. The van der Waals surface area contributed by atoms with Gasteiger partial charge in [0.1, 0.15) is 24.7 Å². The third kappa shape index (κ3) is 6.79. The molecule has 0 aromatic heterocycles. The minimum absolute atomic E-state index is 0.294. The molecule has 0 N–H and O–H groups in total. The van der Waals surface area contributed by atoms with Crippen LogP contribution in [0.5, 0.6) is 11.5 Å². The lowest BCUT2D eigenvalue weighted by atomic mass is 10.3. The number of ether oxygens (including phenoxy) is 3. The van der Waals surface area contributed by atoms with Gasteiger partial charge in [0.25, 0.3) is 0 Å². The van der Waals surface area contributed by atoms with E-state index in [1.165, 1.54) is 12.1 Å². The van der Waals surface area contributed by atoms with Crippen LogP contribution in [0.2, 0.25) is 10.0 Å². The molecule has 0 amide bonds. The molecule has 0 radical (unpaired) electrons. The van der Waals surface area contributed by atoms with Gasteiger partial charge in [0.2, 0.25) is 0 Å². The second kappa shape index (κ2) is 11.0. The minimum Gasteiger partial charge on any atom is -0.490 e. The van der Waals surface area contributed by atoms with Gasteiger partial charge in [-0.2, -0.15) is 0 Å². The van der Waals surface area contributed by atoms with Crippen molar-refractivity contribution in [2.45, 2.75) is 0 Å². The molecule has 0 unspecified atom stereocenters. The van der Waals surface area contributed by atoms with E-state index in [2.05, 4.69) is 20.1 Å². The number of hydrogen-bond acceptors (Lipinski definition) is 5. The summed E-state index contributed by atoms with van der Waals surface area (Å²) in [6, 6.07) is 9.48. The SMILES string of the molecule is [N-]=[N+]=Nc1ccc(OCCOCCOc2ccc(N=[N+]=[N-])cc2Cl)c(Cl)c1.